The van der Waals surface area contributed by atoms with Gasteiger partial charge in [0.2, 0.25) is 0 Å². The summed E-state index contributed by atoms with van der Waals surface area (Å²) in [5.74, 6) is 2.03. The number of ether oxygens (including phenoxy) is 1. The van der Waals surface area contributed by atoms with Crippen molar-refractivity contribution in [2.24, 2.45) is 11.8 Å². The monoisotopic (exact) mass is 288 g/mol. The molecule has 0 radical (unpaired) electrons. The van der Waals surface area contributed by atoms with Crippen LogP contribution in [0.25, 0.3) is 0 Å². The fraction of sp³-hybridized carbons (Fsp3) is 0.667. The number of carbonyl (C=O) groups is 1. The lowest BCUT2D eigenvalue weighted by atomic mass is 10.3. The molecule has 0 aromatic carbocycles. The summed E-state index contributed by atoms with van der Waals surface area (Å²) in [5.41, 5.74) is 0.264. The molecule has 0 N–H and O–H groups in total. The number of methoxy groups -OCH3 is 1. The van der Waals surface area contributed by atoms with Crippen LogP contribution in [0.3, 0.4) is 0 Å². The van der Waals surface area contributed by atoms with E-state index in [0.717, 1.165) is 36.8 Å². The van der Waals surface area contributed by atoms with Crippen LogP contribution < -0.4 is 4.90 Å². The number of hydrogen-bond donors (Lipinski definition) is 0. The maximum Gasteiger partial charge on any atom is 0.358 e. The number of aromatic nitrogens is 2. The average molecular weight is 288 g/mol. The standard InChI is InChI=1S/C15H20N4O2/c1-21-15(20)12-6-17-13(7-16-12)19-8-10-11(9-19)14(10)18-4-2-3-5-18/h6-7,10-11,14H,2-5,8-9H2,1H3. The zero-order valence-electron chi connectivity index (χ0n) is 12.2. The first-order valence-electron chi connectivity index (χ1n) is 7.67. The van der Waals surface area contributed by atoms with Crippen LogP contribution in [0.1, 0.15) is 23.3 Å². The van der Waals surface area contributed by atoms with Crippen molar-refractivity contribution in [2.45, 2.75) is 18.9 Å². The summed E-state index contributed by atoms with van der Waals surface area (Å²) in [6.45, 7) is 4.70. The minimum absolute atomic E-state index is 0.264. The van der Waals surface area contributed by atoms with Gasteiger partial charge in [-0.25, -0.2) is 14.8 Å². The lowest BCUT2D eigenvalue weighted by Crippen LogP contribution is -2.33. The van der Waals surface area contributed by atoms with E-state index in [0.29, 0.717) is 0 Å². The first-order chi connectivity index (χ1) is 10.3. The molecule has 0 bridgehead atoms. The van der Waals surface area contributed by atoms with E-state index in [1.807, 2.05) is 0 Å². The van der Waals surface area contributed by atoms with Crippen molar-refractivity contribution in [3.8, 4) is 0 Å². The molecular weight excluding hydrogens is 268 g/mol. The number of anilines is 1. The molecule has 1 aromatic rings. The molecule has 2 atom stereocenters. The van der Waals surface area contributed by atoms with Gasteiger partial charge < -0.3 is 9.64 Å². The Morgan fingerprint density at radius 3 is 2.48 bits per heavy atom. The minimum atomic E-state index is -0.438. The van der Waals surface area contributed by atoms with Gasteiger partial charge in [-0.05, 0) is 37.8 Å². The van der Waals surface area contributed by atoms with Crippen LogP contribution in [0.5, 0.6) is 0 Å². The van der Waals surface area contributed by atoms with E-state index in [9.17, 15) is 4.79 Å². The van der Waals surface area contributed by atoms with Gasteiger partial charge in [-0.3, -0.25) is 4.90 Å². The van der Waals surface area contributed by atoms with E-state index in [-0.39, 0.29) is 5.69 Å². The van der Waals surface area contributed by atoms with Gasteiger partial charge in [-0.15, -0.1) is 0 Å². The maximum atomic E-state index is 11.4. The summed E-state index contributed by atoms with van der Waals surface area (Å²) in [7, 11) is 1.35. The van der Waals surface area contributed by atoms with Crippen molar-refractivity contribution in [2.75, 3.05) is 38.2 Å². The number of piperidine rings is 1. The Labute approximate surface area is 124 Å². The lowest BCUT2D eigenvalue weighted by molar-refractivity contribution is 0.0593. The molecule has 21 heavy (non-hydrogen) atoms. The second-order valence-electron chi connectivity index (χ2n) is 6.22. The van der Waals surface area contributed by atoms with Crippen LogP contribution in [0.15, 0.2) is 12.4 Å². The van der Waals surface area contributed by atoms with Gasteiger partial charge >= 0.3 is 5.97 Å². The van der Waals surface area contributed by atoms with Crippen LogP contribution in [0.4, 0.5) is 5.82 Å². The molecule has 0 spiro atoms. The van der Waals surface area contributed by atoms with Gasteiger partial charge in [0.25, 0.3) is 0 Å². The zero-order chi connectivity index (χ0) is 14.4. The summed E-state index contributed by atoms with van der Waals surface area (Å²) in [6.07, 6.45) is 5.91. The van der Waals surface area contributed by atoms with Gasteiger partial charge in [-0.2, -0.15) is 0 Å². The fourth-order valence-electron chi connectivity index (χ4n) is 3.96. The topological polar surface area (TPSA) is 58.6 Å². The highest BCUT2D eigenvalue weighted by Gasteiger charge is 2.58. The minimum Gasteiger partial charge on any atom is -0.464 e. The van der Waals surface area contributed by atoms with E-state index in [1.165, 1.54) is 39.2 Å². The molecule has 4 rings (SSSR count). The quantitative estimate of drug-likeness (QED) is 0.767. The Hall–Kier alpha value is -1.69. The number of carbonyl (C=O) groups excluding carboxylic acids is 1. The summed E-state index contributed by atoms with van der Waals surface area (Å²) in [5, 5.41) is 0. The molecule has 3 aliphatic rings. The van der Waals surface area contributed by atoms with Gasteiger partial charge in [0.1, 0.15) is 5.82 Å². The lowest BCUT2D eigenvalue weighted by Gasteiger charge is -2.24. The van der Waals surface area contributed by atoms with Crippen molar-refractivity contribution in [1.82, 2.24) is 14.9 Å². The van der Waals surface area contributed by atoms with E-state index in [1.54, 1.807) is 6.20 Å². The molecule has 2 aliphatic heterocycles. The summed E-state index contributed by atoms with van der Waals surface area (Å²) >= 11 is 0. The second kappa shape index (κ2) is 4.94. The van der Waals surface area contributed by atoms with E-state index in [2.05, 4.69) is 24.5 Å². The average Bonchev–Trinajstić information content (AvgIpc) is 2.96. The number of rotatable bonds is 3. The normalized spacial score (nSPS) is 31.3. The number of esters is 1. The van der Waals surface area contributed by atoms with Crippen LogP contribution in [0, 0.1) is 11.8 Å². The molecule has 2 saturated heterocycles. The maximum absolute atomic E-state index is 11.4. The summed E-state index contributed by atoms with van der Waals surface area (Å²) < 4.78 is 4.64. The van der Waals surface area contributed by atoms with E-state index in [4.69, 9.17) is 0 Å². The van der Waals surface area contributed by atoms with Crippen molar-refractivity contribution in [1.29, 1.82) is 0 Å². The number of nitrogens with zero attached hydrogens (tertiary/aromatic N) is 4. The SMILES string of the molecule is COC(=O)c1cnc(N2CC3C(C2)C3N2CCCC2)cn1. The number of hydrogen-bond acceptors (Lipinski definition) is 6. The first-order valence-corrected chi connectivity index (χ1v) is 7.67. The van der Waals surface area contributed by atoms with Gasteiger partial charge in [0.15, 0.2) is 5.69 Å². The highest BCUT2D eigenvalue weighted by molar-refractivity contribution is 5.86. The predicted molar refractivity (Wildman–Crippen MR) is 77.2 cm³/mol. The zero-order valence-corrected chi connectivity index (χ0v) is 12.2. The fourth-order valence-corrected chi connectivity index (χ4v) is 3.96. The molecular formula is C15H20N4O2. The van der Waals surface area contributed by atoms with Crippen LogP contribution >= 0.6 is 0 Å². The Morgan fingerprint density at radius 1 is 1.19 bits per heavy atom. The molecule has 6 heteroatoms. The molecule has 1 aliphatic carbocycles. The smallest absolute Gasteiger partial charge is 0.358 e. The highest BCUT2D eigenvalue weighted by atomic mass is 16.5. The van der Waals surface area contributed by atoms with E-state index < -0.39 is 5.97 Å². The van der Waals surface area contributed by atoms with Crippen molar-refractivity contribution in [3.63, 3.8) is 0 Å². The molecule has 6 nitrogen and oxygen atoms in total. The molecule has 0 amide bonds. The third-order valence-electron chi connectivity index (χ3n) is 5.07. The number of fused-ring (bicyclic) bond motifs is 1. The van der Waals surface area contributed by atoms with Crippen molar-refractivity contribution >= 4 is 11.8 Å². The van der Waals surface area contributed by atoms with E-state index >= 15 is 0 Å². The molecule has 1 saturated carbocycles. The molecule has 3 heterocycles. The Balaban J connectivity index is 1.38. The Kier molecular flexibility index (Phi) is 3.06. The van der Waals surface area contributed by atoms with Crippen LogP contribution in [0.2, 0.25) is 0 Å². The molecule has 1 aromatic heterocycles. The Bertz CT molecular complexity index is 529. The molecule has 2 unspecified atom stereocenters. The van der Waals surface area contributed by atoms with Crippen molar-refractivity contribution < 1.29 is 9.53 Å². The van der Waals surface area contributed by atoms with Crippen molar-refractivity contribution in [3.05, 3.63) is 18.1 Å². The largest absolute Gasteiger partial charge is 0.464 e. The van der Waals surface area contributed by atoms with Gasteiger partial charge in [0.05, 0.1) is 19.5 Å². The predicted octanol–water partition coefficient (Wildman–Crippen LogP) is 0.794. The number of likely N-dealkylation sites (tertiary alicyclic amines) is 1. The van der Waals surface area contributed by atoms with Gasteiger partial charge in [-0.1, -0.05) is 0 Å². The third-order valence-corrected chi connectivity index (χ3v) is 5.07. The molecule has 112 valence electrons. The third kappa shape index (κ3) is 2.18. The molecule has 3 fully saturated rings. The van der Waals surface area contributed by atoms with Crippen LogP contribution in [-0.2, 0) is 4.74 Å². The summed E-state index contributed by atoms with van der Waals surface area (Å²) in [4.78, 5) is 24.8. The second-order valence-corrected chi connectivity index (χ2v) is 6.22. The summed E-state index contributed by atoms with van der Waals surface area (Å²) in [6, 6.07) is 0.811. The first kappa shape index (κ1) is 13.0. The Morgan fingerprint density at radius 2 is 1.90 bits per heavy atom. The highest BCUT2D eigenvalue weighted by Crippen LogP contribution is 2.50. The van der Waals surface area contributed by atoms with Gasteiger partial charge in [0, 0.05) is 19.1 Å². The van der Waals surface area contributed by atoms with Crippen LogP contribution in [-0.4, -0.2) is 60.2 Å².